The van der Waals surface area contributed by atoms with Crippen LogP contribution in [0.2, 0.25) is 16.6 Å². The quantitative estimate of drug-likeness (QED) is 0.370. The van der Waals surface area contributed by atoms with Crippen LogP contribution in [0.5, 0.6) is 5.75 Å². The second-order valence-electron chi connectivity index (χ2n) is 11.1. The second kappa shape index (κ2) is 10.9. The molecule has 2 rings (SSSR count). The number of carbonyl (C=O) groups is 1. The molecule has 0 atom stereocenters. The van der Waals surface area contributed by atoms with E-state index in [4.69, 9.17) is 9.47 Å². The number of hydrogen-bond donors (Lipinski definition) is 0. The van der Waals surface area contributed by atoms with E-state index in [1.54, 1.807) is 7.11 Å². The number of hydrogen-bond acceptors (Lipinski definition) is 4. The van der Waals surface area contributed by atoms with Crippen molar-refractivity contribution in [2.24, 2.45) is 0 Å². The predicted molar refractivity (Wildman–Crippen MR) is 140 cm³/mol. The largest absolute Gasteiger partial charge is 0.497 e. The van der Waals surface area contributed by atoms with Gasteiger partial charge >= 0.3 is 6.09 Å². The molecule has 1 aliphatic rings. The van der Waals surface area contributed by atoms with Crippen LogP contribution in [0.1, 0.15) is 86.6 Å². The Morgan fingerprint density at radius 2 is 1.56 bits per heavy atom. The van der Waals surface area contributed by atoms with Crippen LogP contribution in [0, 0.1) is 0 Å². The minimum Gasteiger partial charge on any atom is -0.497 e. The van der Waals surface area contributed by atoms with Crippen molar-refractivity contribution in [1.29, 1.82) is 0 Å². The molecule has 32 heavy (non-hydrogen) atoms. The summed E-state index contributed by atoms with van der Waals surface area (Å²) in [5, 5.41) is 0. The predicted octanol–water partition coefficient (Wildman–Crippen LogP) is 8.08. The summed E-state index contributed by atoms with van der Waals surface area (Å²) in [6.45, 7) is 21.8. The fourth-order valence-corrected chi connectivity index (χ4v) is 14.7. The number of methoxy groups -OCH3 is 1. The number of carbonyl (C=O) groups excluding carboxylic acids is 1. The highest BCUT2D eigenvalue weighted by atomic mass is 32.4. The molecule has 0 saturated carbocycles. The first-order chi connectivity index (χ1) is 14.8. The Bertz CT molecular complexity index is 743. The van der Waals surface area contributed by atoms with E-state index in [-0.39, 0.29) is 6.09 Å². The van der Waals surface area contributed by atoms with Crippen LogP contribution in [0.25, 0.3) is 0 Å². The number of likely N-dealkylation sites (tertiary alicyclic amines) is 1. The van der Waals surface area contributed by atoms with E-state index in [0.29, 0.717) is 22.5 Å². The topological polar surface area (TPSA) is 38.8 Å². The van der Waals surface area contributed by atoms with Gasteiger partial charge < -0.3 is 14.4 Å². The molecule has 0 unspecified atom stereocenters. The molecule has 0 N–H and O–H groups in total. The maximum absolute atomic E-state index is 12.5. The van der Waals surface area contributed by atoms with Crippen molar-refractivity contribution in [2.45, 2.75) is 108 Å². The standard InChI is InChI=1S/C26H45NO3SSi/c1-18(2)32(19(3)4,20(5)6)31-24-12-11-22(29-10)17-23(24)21-13-15-27(16-14-21)25(28)30-26(7,8)9/h11-12,17-21H,13-16H2,1-10H3. The minimum atomic E-state index is -1.66. The number of rotatable bonds is 7. The number of benzene rings is 1. The second-order valence-corrected chi connectivity index (χ2v) is 19.6. The van der Waals surface area contributed by atoms with Gasteiger partial charge in [0.05, 0.1) is 7.11 Å². The van der Waals surface area contributed by atoms with E-state index < -0.39 is 12.8 Å². The molecular weight excluding hydrogens is 434 g/mol. The van der Waals surface area contributed by atoms with Gasteiger partial charge in [0.2, 0.25) is 0 Å². The molecule has 1 aromatic rings. The third-order valence-corrected chi connectivity index (χ3v) is 19.1. The highest BCUT2D eigenvalue weighted by molar-refractivity contribution is 8.29. The van der Waals surface area contributed by atoms with Crippen molar-refractivity contribution in [2.75, 3.05) is 20.2 Å². The summed E-state index contributed by atoms with van der Waals surface area (Å²) in [7, 11) is 0.0847. The van der Waals surface area contributed by atoms with Crippen LogP contribution in [0.3, 0.4) is 0 Å². The van der Waals surface area contributed by atoms with Gasteiger partial charge in [-0.15, -0.1) is 11.2 Å². The van der Waals surface area contributed by atoms with E-state index in [2.05, 4.69) is 71.0 Å². The van der Waals surface area contributed by atoms with Crippen molar-refractivity contribution < 1.29 is 14.3 Å². The van der Waals surface area contributed by atoms with Crippen LogP contribution in [-0.2, 0) is 4.74 Å². The van der Waals surface area contributed by atoms with Crippen molar-refractivity contribution in [3.8, 4) is 5.75 Å². The molecule has 0 bridgehead atoms. The highest BCUT2D eigenvalue weighted by Crippen LogP contribution is 2.53. The highest BCUT2D eigenvalue weighted by Gasteiger charge is 2.44. The minimum absolute atomic E-state index is 0.193. The first-order valence-corrected chi connectivity index (χ1v) is 15.9. The molecule has 0 aromatic heterocycles. The number of amides is 1. The lowest BCUT2D eigenvalue weighted by Gasteiger charge is -2.43. The lowest BCUT2D eigenvalue weighted by molar-refractivity contribution is 0.0204. The van der Waals surface area contributed by atoms with Gasteiger partial charge in [0.1, 0.15) is 18.6 Å². The zero-order valence-corrected chi connectivity index (χ0v) is 23.8. The third-order valence-electron chi connectivity index (χ3n) is 6.80. The molecule has 6 heteroatoms. The van der Waals surface area contributed by atoms with Gasteiger partial charge in [-0.25, -0.2) is 4.79 Å². The zero-order chi connectivity index (χ0) is 24.3. The Labute approximate surface area is 201 Å². The molecule has 4 nitrogen and oxygen atoms in total. The first-order valence-electron chi connectivity index (χ1n) is 12.2. The summed E-state index contributed by atoms with van der Waals surface area (Å²) < 4.78 is 11.2. The van der Waals surface area contributed by atoms with Gasteiger partial charge in [-0.2, -0.15) is 0 Å². The van der Waals surface area contributed by atoms with Gasteiger partial charge in [-0.1, -0.05) is 41.5 Å². The summed E-state index contributed by atoms with van der Waals surface area (Å²) in [6.07, 6.45) is 1.72. The number of nitrogens with zero attached hydrogens (tertiary/aromatic N) is 1. The normalized spacial score (nSPS) is 16.2. The lowest BCUT2D eigenvalue weighted by atomic mass is 9.89. The van der Waals surface area contributed by atoms with Crippen molar-refractivity contribution in [3.63, 3.8) is 0 Å². The van der Waals surface area contributed by atoms with E-state index >= 15 is 0 Å². The smallest absolute Gasteiger partial charge is 0.410 e. The monoisotopic (exact) mass is 479 g/mol. The van der Waals surface area contributed by atoms with Crippen LogP contribution in [0.15, 0.2) is 23.1 Å². The third kappa shape index (κ3) is 6.25. The van der Waals surface area contributed by atoms with E-state index in [0.717, 1.165) is 31.7 Å². The maximum atomic E-state index is 12.5. The van der Waals surface area contributed by atoms with E-state index in [1.807, 2.05) is 25.7 Å². The fraction of sp³-hybridized carbons (Fsp3) is 0.731. The Hall–Kier alpha value is -1.14. The van der Waals surface area contributed by atoms with Gasteiger partial charge in [-0.3, -0.25) is 0 Å². The van der Waals surface area contributed by atoms with Crippen molar-refractivity contribution in [3.05, 3.63) is 23.8 Å². The molecule has 0 aliphatic carbocycles. The SMILES string of the molecule is COc1ccc(S[Si](C(C)C)(C(C)C)C(C)C)c(C2CCN(C(=O)OC(C)(C)C)CC2)c1. The molecule has 1 aromatic carbocycles. The van der Waals surface area contributed by atoms with Gasteiger partial charge in [0.15, 0.2) is 0 Å². The Morgan fingerprint density at radius 1 is 1.03 bits per heavy atom. The molecule has 0 radical (unpaired) electrons. The number of piperidine rings is 1. The molecular formula is C26H45NO3SSi. The van der Waals surface area contributed by atoms with Crippen LogP contribution < -0.4 is 4.74 Å². The maximum Gasteiger partial charge on any atom is 0.410 e. The summed E-state index contributed by atoms with van der Waals surface area (Å²) in [5.41, 5.74) is 3.02. The summed E-state index contributed by atoms with van der Waals surface area (Å²) >= 11 is 2.19. The molecule has 1 amide bonds. The average Bonchev–Trinajstić information content (AvgIpc) is 2.70. The molecule has 0 spiro atoms. The molecule has 1 aliphatic heterocycles. The van der Waals surface area contributed by atoms with E-state index in [9.17, 15) is 4.79 Å². The lowest BCUT2D eigenvalue weighted by Crippen LogP contribution is -2.42. The summed E-state index contributed by atoms with van der Waals surface area (Å²) in [6, 6.07) is 6.64. The molecule has 1 heterocycles. The van der Waals surface area contributed by atoms with Crippen molar-refractivity contribution >= 4 is 24.5 Å². The van der Waals surface area contributed by atoms with Crippen LogP contribution in [-0.4, -0.2) is 44.0 Å². The fourth-order valence-electron chi connectivity index (χ4n) is 5.31. The first kappa shape index (κ1) is 27.1. The molecule has 1 fully saturated rings. The Kier molecular flexibility index (Phi) is 9.19. The van der Waals surface area contributed by atoms with Crippen molar-refractivity contribution in [1.82, 2.24) is 4.90 Å². The van der Waals surface area contributed by atoms with Gasteiger partial charge in [0, 0.05) is 18.0 Å². The zero-order valence-electron chi connectivity index (χ0n) is 22.0. The van der Waals surface area contributed by atoms with Crippen LogP contribution in [0.4, 0.5) is 4.79 Å². The van der Waals surface area contributed by atoms with E-state index in [1.165, 1.54) is 10.5 Å². The summed E-state index contributed by atoms with van der Waals surface area (Å²) in [4.78, 5) is 15.8. The number of ether oxygens (including phenoxy) is 2. The molecule has 1 saturated heterocycles. The van der Waals surface area contributed by atoms with Gasteiger partial charge in [-0.05, 0) is 79.9 Å². The Balaban J connectivity index is 2.30. The average molecular weight is 480 g/mol. The Morgan fingerprint density at radius 3 is 2.00 bits per heavy atom. The van der Waals surface area contributed by atoms with Crippen LogP contribution >= 0.6 is 11.2 Å². The molecule has 182 valence electrons. The summed E-state index contributed by atoms with van der Waals surface area (Å²) in [5.74, 6) is 1.36. The van der Waals surface area contributed by atoms with Gasteiger partial charge in [0.25, 0.3) is 0 Å².